The Balaban J connectivity index is 2.04. The lowest BCUT2D eigenvalue weighted by Gasteiger charge is -2.24. The highest BCUT2D eigenvalue weighted by atomic mass is 32.2. The van der Waals surface area contributed by atoms with Crippen LogP contribution in [0.1, 0.15) is 11.3 Å². The maximum absolute atomic E-state index is 13.4. The summed E-state index contributed by atoms with van der Waals surface area (Å²) in [5.41, 5.74) is -1.09. The minimum absolute atomic E-state index is 0.114. The molecule has 1 aromatic carbocycles. The number of H-pyrrole nitrogens is 2. The van der Waals surface area contributed by atoms with Gasteiger partial charge in [0.15, 0.2) is 4.90 Å². The van der Waals surface area contributed by atoms with Gasteiger partial charge in [0.25, 0.3) is 15.6 Å². The third-order valence-electron chi connectivity index (χ3n) is 4.45. The maximum atomic E-state index is 13.4. The van der Waals surface area contributed by atoms with E-state index in [1.54, 1.807) is 18.3 Å². The number of pyridine rings is 1. The van der Waals surface area contributed by atoms with Crippen molar-refractivity contribution >= 4 is 27.4 Å². The fraction of sp³-hybridized carbons (Fsp3) is 0.200. The molecule has 0 radical (unpaired) electrons. The van der Waals surface area contributed by atoms with Gasteiger partial charge in [0, 0.05) is 11.9 Å². The van der Waals surface area contributed by atoms with E-state index in [-0.39, 0.29) is 17.2 Å². The molecule has 3 aromatic rings. The summed E-state index contributed by atoms with van der Waals surface area (Å²) in [6, 6.07) is 9.22. The third kappa shape index (κ3) is 4.86. The minimum atomic E-state index is -4.55. The Morgan fingerprint density at radius 1 is 1.09 bits per heavy atom. The summed E-state index contributed by atoms with van der Waals surface area (Å²) in [4.78, 5) is 44.1. The number of carbonyl (C=O) groups excluding carboxylic acids is 1. The second-order valence-corrected chi connectivity index (χ2v) is 8.64. The predicted octanol–water partition coefficient (Wildman–Crippen LogP) is 0.918. The Morgan fingerprint density at radius 2 is 1.78 bits per heavy atom. The predicted molar refractivity (Wildman–Crippen MR) is 118 cm³/mol. The molecule has 0 aliphatic rings. The van der Waals surface area contributed by atoms with Crippen LogP contribution in [0.3, 0.4) is 0 Å². The second kappa shape index (κ2) is 9.06. The molecule has 0 bridgehead atoms. The van der Waals surface area contributed by atoms with Gasteiger partial charge in [0.1, 0.15) is 18.1 Å². The van der Waals surface area contributed by atoms with Crippen LogP contribution in [-0.2, 0) is 14.8 Å². The first-order valence-electron chi connectivity index (χ1n) is 9.34. The smallest absolute Gasteiger partial charge is 0.325 e. The number of anilines is 2. The van der Waals surface area contributed by atoms with Crippen molar-refractivity contribution < 1.29 is 17.9 Å². The molecular weight excluding hydrogens is 438 g/mol. The second-order valence-electron chi connectivity index (χ2n) is 6.84. The summed E-state index contributed by atoms with van der Waals surface area (Å²) in [6.45, 7) is 2.47. The van der Waals surface area contributed by atoms with Crippen molar-refractivity contribution in [1.82, 2.24) is 15.0 Å². The van der Waals surface area contributed by atoms with E-state index in [0.717, 1.165) is 9.87 Å². The fourth-order valence-electron chi connectivity index (χ4n) is 2.93. The molecule has 0 aliphatic heterocycles. The van der Waals surface area contributed by atoms with Crippen LogP contribution in [0.15, 0.2) is 57.1 Å². The van der Waals surface area contributed by atoms with Crippen LogP contribution in [0.2, 0.25) is 0 Å². The van der Waals surface area contributed by atoms with Crippen molar-refractivity contribution in [3.63, 3.8) is 0 Å². The van der Waals surface area contributed by atoms with Crippen LogP contribution < -0.4 is 25.6 Å². The monoisotopic (exact) mass is 459 g/mol. The molecule has 168 valence electrons. The molecule has 1 amide bonds. The first-order valence-corrected chi connectivity index (χ1v) is 10.8. The van der Waals surface area contributed by atoms with Gasteiger partial charge >= 0.3 is 5.69 Å². The fourth-order valence-corrected chi connectivity index (χ4v) is 4.56. The van der Waals surface area contributed by atoms with E-state index in [0.29, 0.717) is 5.75 Å². The summed E-state index contributed by atoms with van der Waals surface area (Å²) < 4.78 is 32.7. The lowest BCUT2D eigenvalue weighted by atomic mass is 10.3. The van der Waals surface area contributed by atoms with E-state index in [1.165, 1.54) is 38.3 Å². The molecule has 3 rings (SSSR count). The van der Waals surface area contributed by atoms with Crippen molar-refractivity contribution in [2.45, 2.75) is 18.7 Å². The van der Waals surface area contributed by atoms with Gasteiger partial charge in [-0.3, -0.25) is 18.9 Å². The number of methoxy groups -OCH3 is 1. The van der Waals surface area contributed by atoms with E-state index in [2.05, 4.69) is 15.3 Å². The highest BCUT2D eigenvalue weighted by molar-refractivity contribution is 7.92. The summed E-state index contributed by atoms with van der Waals surface area (Å²) >= 11 is 0. The SMILES string of the molecule is COc1ccc(N(CC(=O)Nc2ccc(C)cn2)S(=O)(=O)c2c(C)[nH]c(=O)[nH]c2=O)cc1. The lowest BCUT2D eigenvalue weighted by Crippen LogP contribution is -2.42. The summed E-state index contributed by atoms with van der Waals surface area (Å²) in [7, 11) is -3.10. The molecule has 32 heavy (non-hydrogen) atoms. The van der Waals surface area contributed by atoms with Crippen LogP contribution in [0, 0.1) is 13.8 Å². The molecule has 2 aromatic heterocycles. The quantitative estimate of drug-likeness (QED) is 0.474. The topological polar surface area (TPSA) is 154 Å². The molecule has 11 nitrogen and oxygen atoms in total. The number of rotatable bonds is 7. The molecule has 0 unspecified atom stereocenters. The summed E-state index contributed by atoms with van der Waals surface area (Å²) in [5, 5.41) is 2.53. The molecule has 0 atom stereocenters. The maximum Gasteiger partial charge on any atom is 0.325 e. The molecule has 3 N–H and O–H groups in total. The zero-order chi connectivity index (χ0) is 23.5. The van der Waals surface area contributed by atoms with Crippen molar-refractivity contribution in [2.75, 3.05) is 23.3 Å². The van der Waals surface area contributed by atoms with Gasteiger partial charge in [-0.25, -0.2) is 18.2 Å². The molecule has 0 spiro atoms. The Bertz CT molecular complexity index is 1340. The van der Waals surface area contributed by atoms with Crippen LogP contribution in [0.5, 0.6) is 5.75 Å². The van der Waals surface area contributed by atoms with Crippen molar-refractivity contribution in [1.29, 1.82) is 0 Å². The zero-order valence-corrected chi connectivity index (χ0v) is 18.3. The molecular formula is C20H21N5O6S. The number of amides is 1. The van der Waals surface area contributed by atoms with Crippen LogP contribution in [-0.4, -0.2) is 42.9 Å². The minimum Gasteiger partial charge on any atom is -0.497 e. The van der Waals surface area contributed by atoms with Crippen molar-refractivity contribution in [2.24, 2.45) is 0 Å². The average molecular weight is 459 g/mol. The highest BCUT2D eigenvalue weighted by Crippen LogP contribution is 2.25. The molecule has 12 heteroatoms. The van der Waals surface area contributed by atoms with Crippen LogP contribution >= 0.6 is 0 Å². The number of aromatic amines is 2. The van der Waals surface area contributed by atoms with E-state index in [4.69, 9.17) is 4.74 Å². The Morgan fingerprint density at radius 3 is 2.34 bits per heavy atom. The van der Waals surface area contributed by atoms with E-state index in [1.807, 2.05) is 11.9 Å². The Hall–Kier alpha value is -3.93. The van der Waals surface area contributed by atoms with Gasteiger partial charge in [0.05, 0.1) is 12.8 Å². The Kier molecular flexibility index (Phi) is 6.44. The van der Waals surface area contributed by atoms with E-state index in [9.17, 15) is 22.8 Å². The van der Waals surface area contributed by atoms with Gasteiger partial charge in [-0.05, 0) is 49.7 Å². The molecule has 0 aliphatic carbocycles. The van der Waals surface area contributed by atoms with Gasteiger partial charge in [-0.15, -0.1) is 0 Å². The van der Waals surface area contributed by atoms with Crippen LogP contribution in [0.25, 0.3) is 0 Å². The standard InChI is InChI=1S/C20H21N5O6S/c1-12-4-9-16(21-10-12)23-17(26)11-25(14-5-7-15(31-3)8-6-14)32(29,30)18-13(2)22-20(28)24-19(18)27/h4-10H,11H2,1-3H3,(H,21,23,26)(H2,22,24,27,28). The number of carbonyl (C=O) groups is 1. The van der Waals surface area contributed by atoms with Gasteiger partial charge < -0.3 is 15.0 Å². The van der Waals surface area contributed by atoms with Gasteiger partial charge in [-0.1, -0.05) is 6.07 Å². The number of aromatic nitrogens is 3. The summed E-state index contributed by atoms with van der Waals surface area (Å²) in [5.74, 6) is 0.0301. The zero-order valence-electron chi connectivity index (χ0n) is 17.5. The van der Waals surface area contributed by atoms with E-state index >= 15 is 0 Å². The van der Waals surface area contributed by atoms with Crippen molar-refractivity contribution in [3.8, 4) is 5.75 Å². The number of ether oxygens (including phenoxy) is 1. The molecule has 2 heterocycles. The Labute approximate surface area is 183 Å². The largest absolute Gasteiger partial charge is 0.497 e. The number of sulfonamides is 1. The third-order valence-corrected chi connectivity index (χ3v) is 6.38. The first kappa shape index (κ1) is 22.7. The molecule has 0 saturated carbocycles. The average Bonchev–Trinajstić information content (AvgIpc) is 2.73. The first-order chi connectivity index (χ1) is 15.1. The van der Waals surface area contributed by atoms with E-state index < -0.39 is 38.6 Å². The normalized spacial score (nSPS) is 11.1. The lowest BCUT2D eigenvalue weighted by molar-refractivity contribution is -0.114. The number of nitrogens with one attached hydrogen (secondary N) is 3. The molecule has 0 fully saturated rings. The van der Waals surface area contributed by atoms with Crippen LogP contribution in [0.4, 0.5) is 11.5 Å². The van der Waals surface area contributed by atoms with Gasteiger partial charge in [0.2, 0.25) is 5.91 Å². The number of nitrogens with zero attached hydrogens (tertiary/aromatic N) is 2. The number of hydrogen-bond donors (Lipinski definition) is 3. The molecule has 0 saturated heterocycles. The number of aryl methyl sites for hydroxylation is 2. The highest BCUT2D eigenvalue weighted by Gasteiger charge is 2.32. The van der Waals surface area contributed by atoms with Crippen molar-refractivity contribution in [3.05, 3.63) is 74.7 Å². The number of benzene rings is 1. The number of hydrogen-bond acceptors (Lipinski definition) is 7. The summed E-state index contributed by atoms with van der Waals surface area (Å²) in [6.07, 6.45) is 1.55. The van der Waals surface area contributed by atoms with Gasteiger partial charge in [-0.2, -0.15) is 0 Å².